The lowest BCUT2D eigenvalue weighted by molar-refractivity contribution is -0.870. The van der Waals surface area contributed by atoms with Crippen molar-refractivity contribution in [2.24, 2.45) is 0 Å². The smallest absolute Gasteiger partial charge is 0.306 e. The van der Waals surface area contributed by atoms with Crippen LogP contribution in [0, 0.1) is 0 Å². The maximum absolute atomic E-state index is 12.9. The zero-order valence-electron chi connectivity index (χ0n) is 59.9. The average molecular weight is 1270 g/mol. The molecule has 0 aliphatic heterocycles. The molecule has 0 rings (SSSR count). The van der Waals surface area contributed by atoms with Gasteiger partial charge in [-0.05, 0) is 51.4 Å². The predicted molar refractivity (Wildman–Crippen MR) is 384 cm³/mol. The first-order valence-electron chi connectivity index (χ1n) is 38.8. The average Bonchev–Trinajstić information content (AvgIpc) is 3.60. The number of carbonyl (C=O) groups is 2. The van der Waals surface area contributed by atoms with Crippen LogP contribution in [0.4, 0.5) is 0 Å². The molecule has 10 heteroatoms. The lowest BCUT2D eigenvalue weighted by Crippen LogP contribution is -2.37. The van der Waals surface area contributed by atoms with Gasteiger partial charge in [-0.25, -0.2) is 0 Å². The molecule has 0 aromatic carbocycles. The molecule has 0 saturated carbocycles. The van der Waals surface area contributed by atoms with Crippen LogP contribution < -0.4 is 4.89 Å². The molecule has 524 valence electrons. The van der Waals surface area contributed by atoms with Crippen molar-refractivity contribution in [1.29, 1.82) is 0 Å². The first-order valence-corrected chi connectivity index (χ1v) is 40.3. The highest BCUT2D eigenvalue weighted by atomic mass is 31.2. The van der Waals surface area contributed by atoms with Crippen LogP contribution in [0.2, 0.25) is 0 Å². The number of quaternary nitrogens is 1. The maximum Gasteiger partial charge on any atom is 0.306 e. The molecule has 89 heavy (non-hydrogen) atoms. The number of rotatable bonds is 73. The predicted octanol–water partition coefficient (Wildman–Crippen LogP) is 24.9. The largest absolute Gasteiger partial charge is 0.756 e. The Balaban J connectivity index is 3.88. The summed E-state index contributed by atoms with van der Waals surface area (Å²) in [5, 5.41) is 0. The summed E-state index contributed by atoms with van der Waals surface area (Å²) in [6.45, 7) is 4.19. The number of nitrogens with zero attached hydrogens (tertiary/aromatic N) is 1. The molecule has 0 aromatic rings. The Bertz CT molecular complexity index is 1640. The Morgan fingerprint density at radius 2 is 0.640 bits per heavy atom. The minimum atomic E-state index is -4.64. The Kier molecular flexibility index (Phi) is 68.7. The molecule has 2 unspecified atom stereocenters. The Hall–Kier alpha value is -2.03. The van der Waals surface area contributed by atoms with Gasteiger partial charge >= 0.3 is 11.9 Å². The number of carbonyl (C=O) groups excluding carboxylic acids is 2. The highest BCUT2D eigenvalue weighted by molar-refractivity contribution is 7.45. The SMILES string of the molecule is CC/C=C\C/C=C\C/C=C\C/C=C\CCCCCCCCCCCCCCC(=O)OC(COC(=O)CCCCCCCCCCCCCCCCCCCCCCCCCCCCCCCCCCCCCCCCCC)COP(=O)([O-])OCC[N+](C)(C)C. The van der Waals surface area contributed by atoms with Crippen LogP contribution in [0.3, 0.4) is 0 Å². The lowest BCUT2D eigenvalue weighted by atomic mass is 10.0. The standard InChI is InChI=1S/C79H150NO8P/c1-6-8-10-12-14-16-18-20-22-24-26-28-30-32-33-34-35-36-37-38-39-40-41-42-43-44-45-46-48-49-51-53-55-57-59-61-63-65-67-69-71-78(81)85-75-77(76-87-89(83,84)86-74-73-80(3,4)5)88-79(82)72-70-68-66-64-62-60-58-56-54-52-50-47-31-29-27-25-23-21-19-17-15-13-11-9-7-2/h9,11,15,17,21,23,27,29,77H,6-8,10,12-14,16,18-20,22,24-26,28,30-76H2,1-5H3/b11-9-,17-15-,23-21-,29-27-. The van der Waals surface area contributed by atoms with Gasteiger partial charge in [-0.2, -0.15) is 0 Å². The second kappa shape index (κ2) is 70.3. The minimum Gasteiger partial charge on any atom is -0.756 e. The van der Waals surface area contributed by atoms with Crippen LogP contribution in [0.5, 0.6) is 0 Å². The van der Waals surface area contributed by atoms with Gasteiger partial charge in [-0.15, -0.1) is 0 Å². The first-order chi connectivity index (χ1) is 43.5. The van der Waals surface area contributed by atoms with E-state index < -0.39 is 26.5 Å². The summed E-state index contributed by atoms with van der Waals surface area (Å²) in [6, 6.07) is 0. The fraction of sp³-hybridized carbons (Fsp3) is 0.873. The molecule has 0 amide bonds. The number of ether oxygens (including phenoxy) is 2. The normalized spacial score (nSPS) is 13.3. The van der Waals surface area contributed by atoms with Crippen molar-refractivity contribution in [2.75, 3.05) is 47.5 Å². The lowest BCUT2D eigenvalue weighted by Gasteiger charge is -2.28. The quantitative estimate of drug-likeness (QED) is 0.0195. The molecule has 0 aliphatic carbocycles. The molecular weight excluding hydrogens is 1120 g/mol. The monoisotopic (exact) mass is 1270 g/mol. The Morgan fingerprint density at radius 1 is 0.360 bits per heavy atom. The van der Waals surface area contributed by atoms with Crippen LogP contribution in [0.1, 0.15) is 393 Å². The van der Waals surface area contributed by atoms with Crippen molar-refractivity contribution >= 4 is 19.8 Å². The number of hydrogen-bond acceptors (Lipinski definition) is 8. The van der Waals surface area contributed by atoms with E-state index >= 15 is 0 Å². The van der Waals surface area contributed by atoms with Crippen molar-refractivity contribution in [1.82, 2.24) is 0 Å². The molecule has 2 atom stereocenters. The molecule has 0 N–H and O–H groups in total. The van der Waals surface area contributed by atoms with E-state index in [4.69, 9.17) is 18.5 Å². The zero-order valence-corrected chi connectivity index (χ0v) is 60.8. The van der Waals surface area contributed by atoms with Crippen LogP contribution in [0.25, 0.3) is 0 Å². The number of phosphoric acid groups is 1. The Morgan fingerprint density at radius 3 is 0.955 bits per heavy atom. The molecule has 0 radical (unpaired) electrons. The van der Waals surface area contributed by atoms with Gasteiger partial charge in [0, 0.05) is 12.8 Å². The summed E-state index contributed by atoms with van der Waals surface area (Å²) >= 11 is 0. The van der Waals surface area contributed by atoms with Crippen LogP contribution in [-0.2, 0) is 32.7 Å². The third-order valence-electron chi connectivity index (χ3n) is 17.6. The van der Waals surface area contributed by atoms with Gasteiger partial charge in [0.2, 0.25) is 0 Å². The summed E-state index contributed by atoms with van der Waals surface area (Å²) in [7, 11) is 1.18. The Labute approximate surface area is 554 Å². The van der Waals surface area contributed by atoms with E-state index in [0.717, 1.165) is 64.2 Å². The fourth-order valence-corrected chi connectivity index (χ4v) is 12.4. The molecule has 9 nitrogen and oxygen atoms in total. The number of esters is 2. The molecule has 0 aromatic heterocycles. The molecule has 0 saturated heterocycles. The minimum absolute atomic E-state index is 0.0300. The zero-order chi connectivity index (χ0) is 64.8. The number of allylic oxidation sites excluding steroid dienone is 8. The van der Waals surface area contributed by atoms with Crippen molar-refractivity contribution in [3.8, 4) is 0 Å². The second-order valence-corrected chi connectivity index (χ2v) is 29.1. The summed E-state index contributed by atoms with van der Waals surface area (Å²) < 4.78 is 34.4. The van der Waals surface area contributed by atoms with Crippen molar-refractivity contribution in [3.63, 3.8) is 0 Å². The molecule has 0 aliphatic rings. The van der Waals surface area contributed by atoms with Crippen molar-refractivity contribution in [3.05, 3.63) is 48.6 Å². The third kappa shape index (κ3) is 74.9. The molecule has 0 spiro atoms. The van der Waals surface area contributed by atoms with Crippen molar-refractivity contribution in [2.45, 2.75) is 399 Å². The van der Waals surface area contributed by atoms with Gasteiger partial charge in [0.1, 0.15) is 19.8 Å². The van der Waals surface area contributed by atoms with Crippen LogP contribution >= 0.6 is 7.82 Å². The van der Waals surface area contributed by atoms with E-state index in [1.807, 2.05) is 21.1 Å². The van der Waals surface area contributed by atoms with Gasteiger partial charge in [0.25, 0.3) is 7.82 Å². The maximum atomic E-state index is 12.9. The van der Waals surface area contributed by atoms with Gasteiger partial charge in [0.15, 0.2) is 6.10 Å². The first kappa shape index (κ1) is 87.0. The van der Waals surface area contributed by atoms with E-state index in [0.29, 0.717) is 17.4 Å². The van der Waals surface area contributed by atoms with E-state index in [9.17, 15) is 19.0 Å². The summed E-state index contributed by atoms with van der Waals surface area (Å²) in [5.41, 5.74) is 0. The fourth-order valence-electron chi connectivity index (χ4n) is 11.7. The van der Waals surface area contributed by atoms with Gasteiger partial charge in [-0.1, -0.05) is 377 Å². The topological polar surface area (TPSA) is 111 Å². The number of unbranched alkanes of at least 4 members (excludes halogenated alkanes) is 51. The molecule has 0 fully saturated rings. The van der Waals surface area contributed by atoms with Crippen LogP contribution in [-0.4, -0.2) is 70.0 Å². The van der Waals surface area contributed by atoms with Crippen molar-refractivity contribution < 1.29 is 42.1 Å². The molecule has 0 heterocycles. The summed E-state index contributed by atoms with van der Waals surface area (Å²) in [6.07, 6.45) is 92.4. The summed E-state index contributed by atoms with van der Waals surface area (Å²) in [4.78, 5) is 38.1. The second-order valence-electron chi connectivity index (χ2n) is 27.7. The van der Waals surface area contributed by atoms with Gasteiger partial charge < -0.3 is 27.9 Å². The molecule has 0 bridgehead atoms. The van der Waals surface area contributed by atoms with Gasteiger partial charge in [-0.3, -0.25) is 14.2 Å². The van der Waals surface area contributed by atoms with E-state index in [-0.39, 0.29) is 32.0 Å². The van der Waals surface area contributed by atoms with E-state index in [1.54, 1.807) is 0 Å². The highest BCUT2D eigenvalue weighted by Gasteiger charge is 2.22. The summed E-state index contributed by atoms with van der Waals surface area (Å²) in [5.74, 6) is -0.817. The number of hydrogen-bond donors (Lipinski definition) is 0. The van der Waals surface area contributed by atoms with Gasteiger partial charge in [0.05, 0.1) is 27.7 Å². The van der Waals surface area contributed by atoms with E-state index in [1.165, 1.54) is 295 Å². The number of phosphoric ester groups is 1. The highest BCUT2D eigenvalue weighted by Crippen LogP contribution is 2.38. The number of likely N-dealkylation sites (N-methyl/N-ethyl adjacent to an activating group) is 1. The van der Waals surface area contributed by atoms with E-state index in [2.05, 4.69) is 62.5 Å². The third-order valence-corrected chi connectivity index (χ3v) is 18.6. The molecular formula is C79H150NO8P. The van der Waals surface area contributed by atoms with Crippen LogP contribution in [0.15, 0.2) is 48.6 Å².